The summed E-state index contributed by atoms with van der Waals surface area (Å²) in [7, 11) is 0. The Kier molecular flexibility index (Phi) is 3.71. The molecule has 1 aromatic carbocycles. The predicted octanol–water partition coefficient (Wildman–Crippen LogP) is 2.46. The number of nitrogens with one attached hydrogen (secondary N) is 1. The highest BCUT2D eigenvalue weighted by Crippen LogP contribution is 2.31. The van der Waals surface area contributed by atoms with E-state index < -0.39 is 35.3 Å². The minimum Gasteiger partial charge on any atom is -0.334 e. The standard InChI is InChI=1S/C13H7ClF3N3O4/c14-5-3-6(11(23)24-20-8(21)1-2-9(20)22)10-7(4-5)18-12(19-10)13(15,16)17/h3-4H,1-2H2,(H,18,19). The van der Waals surface area contributed by atoms with E-state index in [4.69, 9.17) is 11.6 Å². The SMILES string of the molecule is O=C(ON1C(=O)CCC1=O)c1cc(Cl)cc2[nH]c(C(F)(F)F)nc12. The van der Waals surface area contributed by atoms with Gasteiger partial charge in [-0.2, -0.15) is 13.2 Å². The second-order valence-corrected chi connectivity index (χ2v) is 5.33. The van der Waals surface area contributed by atoms with Crippen LogP contribution >= 0.6 is 11.6 Å². The Morgan fingerprint density at radius 3 is 2.46 bits per heavy atom. The normalized spacial score (nSPS) is 15.4. The summed E-state index contributed by atoms with van der Waals surface area (Å²) in [6, 6.07) is 2.19. The molecule has 0 saturated carbocycles. The van der Waals surface area contributed by atoms with Crippen molar-refractivity contribution >= 4 is 40.4 Å². The van der Waals surface area contributed by atoms with Crippen molar-refractivity contribution in [3.8, 4) is 0 Å². The van der Waals surface area contributed by atoms with E-state index >= 15 is 0 Å². The monoisotopic (exact) mass is 361 g/mol. The van der Waals surface area contributed by atoms with E-state index in [1.165, 1.54) is 0 Å². The van der Waals surface area contributed by atoms with E-state index in [1.807, 2.05) is 4.98 Å². The van der Waals surface area contributed by atoms with Gasteiger partial charge in [-0.15, -0.1) is 5.06 Å². The molecule has 2 amide bonds. The number of amides is 2. The second kappa shape index (κ2) is 5.48. The van der Waals surface area contributed by atoms with Crippen LogP contribution in [0.25, 0.3) is 11.0 Å². The number of nitrogens with zero attached hydrogens (tertiary/aromatic N) is 2. The molecule has 11 heteroatoms. The Labute approximate surface area is 136 Å². The summed E-state index contributed by atoms with van der Waals surface area (Å²) in [5, 5.41) is 0.234. The van der Waals surface area contributed by atoms with Crippen LogP contribution < -0.4 is 0 Å². The van der Waals surface area contributed by atoms with Crippen molar-refractivity contribution in [1.82, 2.24) is 15.0 Å². The number of carbonyl (C=O) groups excluding carboxylic acids is 3. The van der Waals surface area contributed by atoms with Gasteiger partial charge in [-0.05, 0) is 12.1 Å². The van der Waals surface area contributed by atoms with Crippen LogP contribution in [0.4, 0.5) is 13.2 Å². The number of rotatable bonds is 2. The molecule has 1 fully saturated rings. The van der Waals surface area contributed by atoms with Crippen LogP contribution in [0.5, 0.6) is 0 Å². The molecule has 0 radical (unpaired) electrons. The highest BCUT2D eigenvalue weighted by atomic mass is 35.5. The van der Waals surface area contributed by atoms with Crippen LogP contribution in [0.2, 0.25) is 5.02 Å². The van der Waals surface area contributed by atoms with Gasteiger partial charge in [0, 0.05) is 17.9 Å². The van der Waals surface area contributed by atoms with Gasteiger partial charge in [0.25, 0.3) is 11.8 Å². The third kappa shape index (κ3) is 2.80. The van der Waals surface area contributed by atoms with Crippen LogP contribution in [0.3, 0.4) is 0 Å². The number of imide groups is 1. The molecule has 0 unspecified atom stereocenters. The van der Waals surface area contributed by atoms with Crippen LogP contribution in [0, 0.1) is 0 Å². The molecule has 3 rings (SSSR count). The lowest BCUT2D eigenvalue weighted by Gasteiger charge is -2.12. The van der Waals surface area contributed by atoms with E-state index in [0.29, 0.717) is 0 Å². The number of hydroxylamine groups is 2. The molecular formula is C13H7ClF3N3O4. The number of alkyl halides is 3. The van der Waals surface area contributed by atoms with Gasteiger partial charge in [0.15, 0.2) is 0 Å². The predicted molar refractivity (Wildman–Crippen MR) is 72.6 cm³/mol. The molecule has 126 valence electrons. The van der Waals surface area contributed by atoms with Crippen molar-refractivity contribution in [1.29, 1.82) is 0 Å². The Balaban J connectivity index is 2.02. The van der Waals surface area contributed by atoms with Gasteiger partial charge >= 0.3 is 12.1 Å². The first-order valence-electron chi connectivity index (χ1n) is 6.51. The van der Waals surface area contributed by atoms with Crippen LogP contribution in [-0.4, -0.2) is 32.8 Å². The molecule has 0 bridgehead atoms. The van der Waals surface area contributed by atoms with Crippen molar-refractivity contribution in [2.24, 2.45) is 0 Å². The summed E-state index contributed by atoms with van der Waals surface area (Å²) in [5.74, 6) is -3.97. The number of imidazole rings is 1. The van der Waals surface area contributed by atoms with Gasteiger partial charge in [-0.25, -0.2) is 9.78 Å². The van der Waals surface area contributed by atoms with E-state index in [1.54, 1.807) is 0 Å². The Morgan fingerprint density at radius 1 is 1.25 bits per heavy atom. The van der Waals surface area contributed by atoms with Crippen molar-refractivity contribution < 1.29 is 32.4 Å². The van der Waals surface area contributed by atoms with Crippen molar-refractivity contribution in [2.75, 3.05) is 0 Å². The number of hydrogen-bond acceptors (Lipinski definition) is 5. The number of aromatic amines is 1. The zero-order valence-corrected chi connectivity index (χ0v) is 12.4. The van der Waals surface area contributed by atoms with Gasteiger partial charge in [0.1, 0.15) is 5.52 Å². The van der Waals surface area contributed by atoms with Gasteiger partial charge in [0.2, 0.25) is 5.82 Å². The Morgan fingerprint density at radius 2 is 1.88 bits per heavy atom. The highest BCUT2D eigenvalue weighted by Gasteiger charge is 2.37. The largest absolute Gasteiger partial charge is 0.449 e. The Hall–Kier alpha value is -2.62. The van der Waals surface area contributed by atoms with E-state index in [-0.39, 0.29) is 34.0 Å². The number of halogens is 4. The second-order valence-electron chi connectivity index (χ2n) is 4.89. The summed E-state index contributed by atoms with van der Waals surface area (Å²) < 4.78 is 38.2. The molecule has 1 saturated heterocycles. The molecule has 0 aliphatic carbocycles. The molecule has 0 atom stereocenters. The molecule has 1 aromatic heterocycles. The average molecular weight is 362 g/mol. The highest BCUT2D eigenvalue weighted by molar-refractivity contribution is 6.32. The summed E-state index contributed by atoms with van der Waals surface area (Å²) in [5.41, 5.74) is -0.881. The van der Waals surface area contributed by atoms with E-state index in [0.717, 1.165) is 12.1 Å². The van der Waals surface area contributed by atoms with Crippen LogP contribution in [-0.2, 0) is 20.6 Å². The van der Waals surface area contributed by atoms with Crippen molar-refractivity contribution in [3.63, 3.8) is 0 Å². The van der Waals surface area contributed by atoms with Gasteiger partial charge in [0.05, 0.1) is 11.1 Å². The average Bonchev–Trinajstić information content (AvgIpc) is 3.04. The molecule has 1 aliphatic rings. The lowest BCUT2D eigenvalue weighted by molar-refractivity contribution is -0.172. The van der Waals surface area contributed by atoms with E-state index in [2.05, 4.69) is 9.82 Å². The zero-order chi connectivity index (χ0) is 17.6. The van der Waals surface area contributed by atoms with Crippen molar-refractivity contribution in [3.05, 3.63) is 28.5 Å². The number of aromatic nitrogens is 2. The third-order valence-corrected chi connectivity index (χ3v) is 3.44. The maximum absolute atomic E-state index is 12.7. The number of benzene rings is 1. The van der Waals surface area contributed by atoms with Crippen molar-refractivity contribution in [2.45, 2.75) is 19.0 Å². The molecule has 1 aliphatic heterocycles. The first kappa shape index (κ1) is 16.2. The number of carbonyl (C=O) groups is 3. The molecule has 2 heterocycles. The lowest BCUT2D eigenvalue weighted by Crippen LogP contribution is -2.32. The number of fused-ring (bicyclic) bond motifs is 1. The summed E-state index contributed by atoms with van der Waals surface area (Å²) in [6.07, 6.45) is -4.98. The topological polar surface area (TPSA) is 92.4 Å². The molecule has 24 heavy (non-hydrogen) atoms. The van der Waals surface area contributed by atoms with Crippen LogP contribution in [0.1, 0.15) is 29.0 Å². The minimum absolute atomic E-state index is 0.0501. The molecule has 2 aromatic rings. The first-order valence-corrected chi connectivity index (χ1v) is 6.89. The fourth-order valence-electron chi connectivity index (χ4n) is 2.16. The first-order chi connectivity index (χ1) is 11.2. The molecule has 1 N–H and O–H groups in total. The maximum atomic E-state index is 12.7. The summed E-state index contributed by atoms with van der Waals surface area (Å²) in [4.78, 5) is 45.1. The minimum atomic E-state index is -4.76. The van der Waals surface area contributed by atoms with Gasteiger partial charge in [-0.1, -0.05) is 11.6 Å². The number of H-pyrrole nitrogens is 1. The quantitative estimate of drug-likeness (QED) is 0.829. The van der Waals surface area contributed by atoms with E-state index in [9.17, 15) is 27.6 Å². The smallest absolute Gasteiger partial charge is 0.334 e. The summed E-state index contributed by atoms with van der Waals surface area (Å²) in [6.45, 7) is 0. The Bertz CT molecular complexity index is 861. The molecular weight excluding hydrogens is 355 g/mol. The van der Waals surface area contributed by atoms with Gasteiger partial charge < -0.3 is 9.82 Å². The van der Waals surface area contributed by atoms with Gasteiger partial charge in [-0.3, -0.25) is 9.59 Å². The van der Waals surface area contributed by atoms with Crippen LogP contribution in [0.15, 0.2) is 12.1 Å². The molecule has 7 nitrogen and oxygen atoms in total. The maximum Gasteiger partial charge on any atom is 0.449 e. The zero-order valence-electron chi connectivity index (χ0n) is 11.6. The molecule has 0 spiro atoms. The fraction of sp³-hybridized carbons (Fsp3) is 0.231. The third-order valence-electron chi connectivity index (χ3n) is 3.22. The summed E-state index contributed by atoms with van der Waals surface area (Å²) >= 11 is 5.78. The number of hydrogen-bond donors (Lipinski definition) is 1. The lowest BCUT2D eigenvalue weighted by atomic mass is 10.2. The fourth-order valence-corrected chi connectivity index (χ4v) is 2.38.